The number of ether oxygens (including phenoxy) is 5. The second-order valence-electron chi connectivity index (χ2n) is 7.61. The van der Waals surface area contributed by atoms with E-state index in [2.05, 4.69) is 5.32 Å². The van der Waals surface area contributed by atoms with Crippen LogP contribution in [0.2, 0.25) is 0 Å². The lowest BCUT2D eigenvalue weighted by atomic mass is 9.88. The van der Waals surface area contributed by atoms with E-state index in [0.717, 1.165) is 0 Å². The van der Waals surface area contributed by atoms with Crippen molar-refractivity contribution in [2.45, 2.75) is 18.9 Å². The van der Waals surface area contributed by atoms with Gasteiger partial charge in [0.15, 0.2) is 17.6 Å². The fourth-order valence-electron chi connectivity index (χ4n) is 4.05. The predicted molar refractivity (Wildman–Crippen MR) is 124 cm³/mol. The number of nitrogens with one attached hydrogen (secondary N) is 1. The van der Waals surface area contributed by atoms with Crippen molar-refractivity contribution in [2.75, 3.05) is 33.8 Å². The normalized spacial score (nSPS) is 16.3. The molecule has 1 aliphatic heterocycles. The van der Waals surface area contributed by atoms with Gasteiger partial charge in [0.25, 0.3) is 5.91 Å². The second kappa shape index (κ2) is 9.38. The molecule has 0 spiro atoms. The van der Waals surface area contributed by atoms with Crippen molar-refractivity contribution in [1.29, 1.82) is 0 Å². The van der Waals surface area contributed by atoms with Gasteiger partial charge < -0.3 is 33.4 Å². The molecule has 0 bridgehead atoms. The molecule has 1 amide bonds. The van der Waals surface area contributed by atoms with Crippen molar-refractivity contribution in [2.24, 2.45) is 0 Å². The molecule has 1 N–H and O–H groups in total. The lowest BCUT2D eigenvalue weighted by molar-refractivity contribution is -0.122. The number of methoxy groups -OCH3 is 4. The molecule has 0 aliphatic carbocycles. The van der Waals surface area contributed by atoms with Gasteiger partial charge in [-0.1, -0.05) is 12.1 Å². The summed E-state index contributed by atoms with van der Waals surface area (Å²) in [7, 11) is 6.03. The van der Waals surface area contributed by atoms with E-state index in [1.165, 1.54) is 21.3 Å². The van der Waals surface area contributed by atoms with Crippen LogP contribution in [-0.4, -0.2) is 40.5 Å². The standard InChI is InChI=1S/C25H25NO8/c1-13-10-17-21(25(28)33-13)20(14-6-8-16(29-2)9-7-14)23(34-17)24(27)26-15-11-18(30-3)22(32-5)19(12-15)31-4/h6-12,20,23H,1-5H3,(H,26,27). The summed E-state index contributed by atoms with van der Waals surface area (Å²) in [5.74, 6) is 1.39. The van der Waals surface area contributed by atoms with E-state index in [1.807, 2.05) is 0 Å². The Labute approximate surface area is 196 Å². The molecule has 1 aromatic heterocycles. The fraction of sp³-hybridized carbons (Fsp3) is 0.280. The van der Waals surface area contributed by atoms with E-state index < -0.39 is 23.6 Å². The maximum atomic E-state index is 13.4. The largest absolute Gasteiger partial charge is 0.497 e. The monoisotopic (exact) mass is 467 g/mol. The molecule has 0 saturated heterocycles. The van der Waals surface area contributed by atoms with Crippen LogP contribution in [0.15, 0.2) is 51.7 Å². The number of amides is 1. The topological polar surface area (TPSA) is 105 Å². The fourth-order valence-corrected chi connectivity index (χ4v) is 4.05. The Kier molecular flexibility index (Phi) is 6.36. The number of benzene rings is 2. The molecule has 2 heterocycles. The Balaban J connectivity index is 1.73. The Hall–Kier alpha value is -4.14. The zero-order valence-electron chi connectivity index (χ0n) is 19.5. The van der Waals surface area contributed by atoms with E-state index >= 15 is 0 Å². The number of aryl methyl sites for hydroxylation is 1. The molecule has 0 saturated carbocycles. The lowest BCUT2D eigenvalue weighted by Crippen LogP contribution is -2.35. The molecule has 178 valence electrons. The average molecular weight is 467 g/mol. The Bertz CT molecular complexity index is 1240. The second-order valence-corrected chi connectivity index (χ2v) is 7.61. The van der Waals surface area contributed by atoms with Crippen LogP contribution in [0.25, 0.3) is 0 Å². The van der Waals surface area contributed by atoms with Gasteiger partial charge in [0.1, 0.15) is 17.3 Å². The van der Waals surface area contributed by atoms with Gasteiger partial charge in [0, 0.05) is 23.9 Å². The van der Waals surface area contributed by atoms with Gasteiger partial charge >= 0.3 is 5.63 Å². The van der Waals surface area contributed by atoms with Crippen molar-refractivity contribution in [1.82, 2.24) is 0 Å². The molecule has 2 aromatic carbocycles. The summed E-state index contributed by atoms with van der Waals surface area (Å²) in [4.78, 5) is 26.2. The number of carbonyl (C=O) groups is 1. The van der Waals surface area contributed by atoms with Crippen LogP contribution >= 0.6 is 0 Å². The SMILES string of the molecule is COc1ccc(C2c3c(cc(C)oc3=O)OC2C(=O)Nc2cc(OC)c(OC)c(OC)c2)cc1. The van der Waals surface area contributed by atoms with Gasteiger partial charge in [-0.3, -0.25) is 4.79 Å². The molecular formula is C25H25NO8. The number of rotatable bonds is 7. The van der Waals surface area contributed by atoms with Crippen LogP contribution in [0.1, 0.15) is 22.8 Å². The highest BCUT2D eigenvalue weighted by Crippen LogP contribution is 2.43. The van der Waals surface area contributed by atoms with Gasteiger partial charge in [-0.25, -0.2) is 4.79 Å². The zero-order chi connectivity index (χ0) is 24.4. The number of hydrogen-bond acceptors (Lipinski definition) is 8. The van der Waals surface area contributed by atoms with E-state index in [-0.39, 0.29) is 0 Å². The molecule has 0 radical (unpaired) electrons. The minimum absolute atomic E-state index is 0.292. The first-order valence-electron chi connectivity index (χ1n) is 10.5. The predicted octanol–water partition coefficient (Wildman–Crippen LogP) is 3.51. The zero-order valence-corrected chi connectivity index (χ0v) is 19.5. The summed E-state index contributed by atoms with van der Waals surface area (Å²) in [6.07, 6.45) is -1.02. The van der Waals surface area contributed by atoms with E-state index in [4.69, 9.17) is 28.1 Å². The maximum absolute atomic E-state index is 13.4. The molecule has 9 heteroatoms. The highest BCUT2D eigenvalue weighted by Gasteiger charge is 2.43. The van der Waals surface area contributed by atoms with Crippen LogP contribution in [0.4, 0.5) is 5.69 Å². The molecule has 2 atom stereocenters. The van der Waals surface area contributed by atoms with Crippen molar-refractivity contribution in [3.63, 3.8) is 0 Å². The first-order valence-corrected chi connectivity index (χ1v) is 10.5. The molecule has 34 heavy (non-hydrogen) atoms. The minimum atomic E-state index is -1.02. The van der Waals surface area contributed by atoms with Crippen LogP contribution < -0.4 is 34.6 Å². The minimum Gasteiger partial charge on any atom is -0.497 e. The first kappa shape index (κ1) is 23.0. The highest BCUT2D eigenvalue weighted by molar-refractivity contribution is 5.96. The quantitative estimate of drug-likeness (QED) is 0.563. The van der Waals surface area contributed by atoms with Crippen molar-refractivity contribution in [3.8, 4) is 28.7 Å². The Morgan fingerprint density at radius 1 is 0.912 bits per heavy atom. The third kappa shape index (κ3) is 4.12. The van der Waals surface area contributed by atoms with Crippen molar-refractivity contribution in [3.05, 3.63) is 69.8 Å². The van der Waals surface area contributed by atoms with Crippen LogP contribution in [0, 0.1) is 6.92 Å². The van der Waals surface area contributed by atoms with Crippen LogP contribution in [0.3, 0.4) is 0 Å². The number of anilines is 1. The Morgan fingerprint density at radius 2 is 1.56 bits per heavy atom. The molecule has 9 nitrogen and oxygen atoms in total. The molecule has 0 fully saturated rings. The maximum Gasteiger partial charge on any atom is 0.343 e. The summed E-state index contributed by atoms with van der Waals surface area (Å²) >= 11 is 0. The van der Waals surface area contributed by atoms with Gasteiger partial charge in [-0.05, 0) is 24.6 Å². The number of hydrogen-bond donors (Lipinski definition) is 1. The summed E-state index contributed by atoms with van der Waals surface area (Å²) in [5.41, 5.74) is 0.871. The molecular weight excluding hydrogens is 442 g/mol. The molecule has 3 aromatic rings. The van der Waals surface area contributed by atoms with Crippen molar-refractivity contribution >= 4 is 11.6 Å². The van der Waals surface area contributed by atoms with Gasteiger partial charge in [-0.2, -0.15) is 0 Å². The number of fused-ring (bicyclic) bond motifs is 1. The van der Waals surface area contributed by atoms with Gasteiger partial charge in [0.2, 0.25) is 5.75 Å². The van der Waals surface area contributed by atoms with Gasteiger partial charge in [-0.15, -0.1) is 0 Å². The van der Waals surface area contributed by atoms with E-state index in [9.17, 15) is 9.59 Å². The average Bonchev–Trinajstić information content (AvgIpc) is 3.23. The van der Waals surface area contributed by atoms with Gasteiger partial charge in [0.05, 0.1) is 39.9 Å². The Morgan fingerprint density at radius 3 is 2.12 bits per heavy atom. The third-order valence-corrected chi connectivity index (χ3v) is 5.61. The smallest absolute Gasteiger partial charge is 0.343 e. The van der Waals surface area contributed by atoms with Crippen LogP contribution in [-0.2, 0) is 4.79 Å². The third-order valence-electron chi connectivity index (χ3n) is 5.61. The summed E-state index contributed by atoms with van der Waals surface area (Å²) in [6, 6.07) is 11.9. The summed E-state index contributed by atoms with van der Waals surface area (Å²) in [5, 5.41) is 2.84. The summed E-state index contributed by atoms with van der Waals surface area (Å²) in [6.45, 7) is 1.65. The molecule has 1 aliphatic rings. The van der Waals surface area contributed by atoms with E-state index in [1.54, 1.807) is 56.5 Å². The molecule has 4 rings (SSSR count). The van der Waals surface area contributed by atoms with E-state index in [0.29, 0.717) is 51.3 Å². The molecule has 2 unspecified atom stereocenters. The van der Waals surface area contributed by atoms with Crippen molar-refractivity contribution < 1.29 is 32.9 Å². The highest BCUT2D eigenvalue weighted by atomic mass is 16.5. The van der Waals surface area contributed by atoms with Crippen LogP contribution in [0.5, 0.6) is 28.7 Å². The summed E-state index contributed by atoms with van der Waals surface area (Å²) < 4.78 is 32.6. The number of carbonyl (C=O) groups excluding carboxylic acids is 1. The first-order chi connectivity index (χ1) is 16.4. The lowest BCUT2D eigenvalue weighted by Gasteiger charge is -2.20.